The molecule has 0 aliphatic carbocycles. The van der Waals surface area contributed by atoms with Crippen molar-refractivity contribution in [2.24, 2.45) is 0 Å². The normalized spacial score (nSPS) is 12.4. The number of rotatable bonds is 2. The molecule has 1 atom stereocenters. The van der Waals surface area contributed by atoms with E-state index in [9.17, 15) is 5.11 Å². The van der Waals surface area contributed by atoms with Crippen molar-refractivity contribution in [3.05, 3.63) is 58.6 Å². The van der Waals surface area contributed by atoms with Crippen molar-refractivity contribution < 1.29 is 5.11 Å². The molecule has 82 valence electrons. The first-order valence-electron chi connectivity index (χ1n) is 4.89. The average Bonchev–Trinajstić information content (AvgIpc) is 2.30. The zero-order chi connectivity index (χ0) is 11.5. The molecule has 0 aliphatic heterocycles. The van der Waals surface area contributed by atoms with Gasteiger partial charge in [0.2, 0.25) is 0 Å². The molecule has 1 N–H and O–H groups in total. The summed E-state index contributed by atoms with van der Waals surface area (Å²) in [5.74, 6) is 0. The maximum Gasteiger partial charge on any atom is 0.124 e. The van der Waals surface area contributed by atoms with E-state index in [4.69, 9.17) is 11.6 Å². The molecule has 16 heavy (non-hydrogen) atoms. The largest absolute Gasteiger partial charge is 0.382 e. The maximum atomic E-state index is 10.1. The van der Waals surface area contributed by atoms with E-state index < -0.39 is 6.10 Å². The highest BCUT2D eigenvalue weighted by Gasteiger charge is 2.14. The highest BCUT2D eigenvalue weighted by molar-refractivity contribution is 6.31. The molecule has 0 fully saturated rings. The predicted molar refractivity (Wildman–Crippen MR) is 62.3 cm³/mol. The first-order chi connectivity index (χ1) is 7.68. The van der Waals surface area contributed by atoms with Gasteiger partial charge in [0.15, 0.2) is 0 Å². The van der Waals surface area contributed by atoms with Crippen molar-refractivity contribution in [2.75, 3.05) is 0 Å². The molecule has 0 aliphatic rings. The smallest absolute Gasteiger partial charge is 0.124 e. The van der Waals surface area contributed by atoms with Gasteiger partial charge >= 0.3 is 0 Å². The Labute approximate surface area is 98.8 Å². The zero-order valence-electron chi connectivity index (χ0n) is 8.76. The van der Waals surface area contributed by atoms with Gasteiger partial charge in [0.1, 0.15) is 6.10 Å². The van der Waals surface area contributed by atoms with E-state index in [0.717, 1.165) is 5.69 Å². The molecule has 1 unspecified atom stereocenters. The fourth-order valence-electron chi connectivity index (χ4n) is 1.40. The number of aliphatic hydroxyl groups excluding tert-OH is 1. The number of aromatic nitrogens is 2. The van der Waals surface area contributed by atoms with E-state index in [1.807, 2.05) is 19.1 Å². The number of hydrogen-bond acceptors (Lipinski definition) is 3. The van der Waals surface area contributed by atoms with Crippen molar-refractivity contribution in [1.29, 1.82) is 0 Å². The minimum absolute atomic E-state index is 0.499. The van der Waals surface area contributed by atoms with E-state index in [2.05, 4.69) is 9.97 Å². The molecule has 4 heteroatoms. The first-order valence-corrected chi connectivity index (χ1v) is 5.27. The van der Waals surface area contributed by atoms with Crippen LogP contribution in [-0.4, -0.2) is 15.1 Å². The van der Waals surface area contributed by atoms with Crippen LogP contribution in [0.15, 0.2) is 36.7 Å². The standard InChI is InChI=1S/C12H11ClN2O/c1-8-6-15-11(7-14-8)12(16)9-4-2-3-5-10(9)13/h2-7,12,16H,1H3. The summed E-state index contributed by atoms with van der Waals surface area (Å²) in [7, 11) is 0. The second-order valence-electron chi connectivity index (χ2n) is 3.51. The van der Waals surface area contributed by atoms with Crippen molar-refractivity contribution in [3.63, 3.8) is 0 Å². The number of hydrogen-bond donors (Lipinski definition) is 1. The Balaban J connectivity index is 2.35. The van der Waals surface area contributed by atoms with E-state index in [0.29, 0.717) is 16.3 Å². The third-order valence-electron chi connectivity index (χ3n) is 2.28. The first kappa shape index (κ1) is 11.0. The fraction of sp³-hybridized carbons (Fsp3) is 0.167. The second-order valence-corrected chi connectivity index (χ2v) is 3.91. The number of nitrogens with zero attached hydrogens (tertiary/aromatic N) is 2. The Bertz CT molecular complexity index is 485. The number of benzene rings is 1. The molecule has 0 bridgehead atoms. The Hall–Kier alpha value is -1.45. The Kier molecular flexibility index (Phi) is 3.17. The second kappa shape index (κ2) is 4.60. The van der Waals surface area contributed by atoms with Crippen LogP contribution in [0.1, 0.15) is 23.1 Å². The van der Waals surface area contributed by atoms with Gasteiger partial charge in [-0.3, -0.25) is 9.97 Å². The Morgan fingerprint density at radius 1 is 1.19 bits per heavy atom. The third-order valence-corrected chi connectivity index (χ3v) is 2.63. The summed E-state index contributed by atoms with van der Waals surface area (Å²) >= 11 is 5.99. The quantitative estimate of drug-likeness (QED) is 0.869. The fourth-order valence-corrected chi connectivity index (χ4v) is 1.64. The molecule has 2 rings (SSSR count). The minimum atomic E-state index is -0.832. The molecule has 0 radical (unpaired) electrons. The lowest BCUT2D eigenvalue weighted by Crippen LogP contribution is -2.04. The van der Waals surface area contributed by atoms with Gasteiger partial charge in [-0.15, -0.1) is 0 Å². The summed E-state index contributed by atoms with van der Waals surface area (Å²) < 4.78 is 0. The van der Waals surface area contributed by atoms with Crippen LogP contribution in [0.4, 0.5) is 0 Å². The van der Waals surface area contributed by atoms with Gasteiger partial charge in [-0.2, -0.15) is 0 Å². The molecular formula is C12H11ClN2O. The summed E-state index contributed by atoms with van der Waals surface area (Å²) in [5, 5.41) is 10.6. The van der Waals surface area contributed by atoms with Crippen molar-refractivity contribution in [2.45, 2.75) is 13.0 Å². The summed E-state index contributed by atoms with van der Waals surface area (Å²) in [6.45, 7) is 1.85. The summed E-state index contributed by atoms with van der Waals surface area (Å²) in [6, 6.07) is 7.15. The summed E-state index contributed by atoms with van der Waals surface area (Å²) in [5.41, 5.74) is 1.95. The van der Waals surface area contributed by atoms with E-state index in [1.165, 1.54) is 0 Å². The van der Waals surface area contributed by atoms with Crippen LogP contribution in [0.2, 0.25) is 5.02 Å². The number of aryl methyl sites for hydroxylation is 1. The molecule has 3 nitrogen and oxygen atoms in total. The van der Waals surface area contributed by atoms with Gasteiger partial charge in [0.25, 0.3) is 0 Å². The molecule has 1 aromatic carbocycles. The van der Waals surface area contributed by atoms with Gasteiger partial charge in [-0.25, -0.2) is 0 Å². The molecule has 0 spiro atoms. The number of aliphatic hydroxyl groups is 1. The highest BCUT2D eigenvalue weighted by Crippen LogP contribution is 2.26. The highest BCUT2D eigenvalue weighted by atomic mass is 35.5. The lowest BCUT2D eigenvalue weighted by atomic mass is 10.1. The molecule has 0 amide bonds. The zero-order valence-corrected chi connectivity index (χ0v) is 9.52. The molecule has 0 saturated carbocycles. The maximum absolute atomic E-state index is 10.1. The SMILES string of the molecule is Cc1cnc(C(O)c2ccccc2Cl)cn1. The molecular weight excluding hydrogens is 224 g/mol. The van der Waals surface area contributed by atoms with Crippen molar-refractivity contribution in [3.8, 4) is 0 Å². The van der Waals surface area contributed by atoms with Crippen molar-refractivity contribution in [1.82, 2.24) is 9.97 Å². The van der Waals surface area contributed by atoms with Crippen LogP contribution in [0.25, 0.3) is 0 Å². The summed E-state index contributed by atoms with van der Waals surface area (Å²) in [4.78, 5) is 8.21. The van der Waals surface area contributed by atoms with E-state index >= 15 is 0 Å². The van der Waals surface area contributed by atoms with Gasteiger partial charge in [-0.1, -0.05) is 29.8 Å². The van der Waals surface area contributed by atoms with E-state index in [-0.39, 0.29) is 0 Å². The topological polar surface area (TPSA) is 46.0 Å². The van der Waals surface area contributed by atoms with Crippen LogP contribution in [0.5, 0.6) is 0 Å². The summed E-state index contributed by atoms with van der Waals surface area (Å²) in [6.07, 6.45) is 2.35. The third kappa shape index (κ3) is 2.21. The van der Waals surface area contributed by atoms with Crippen LogP contribution in [0.3, 0.4) is 0 Å². The average molecular weight is 235 g/mol. The number of halogens is 1. The molecule has 1 heterocycles. The van der Waals surface area contributed by atoms with Crippen molar-refractivity contribution >= 4 is 11.6 Å². The van der Waals surface area contributed by atoms with Crippen LogP contribution in [-0.2, 0) is 0 Å². The van der Waals surface area contributed by atoms with Crippen LogP contribution in [0, 0.1) is 6.92 Å². The molecule has 2 aromatic rings. The lowest BCUT2D eigenvalue weighted by molar-refractivity contribution is 0.215. The van der Waals surface area contributed by atoms with Crippen LogP contribution < -0.4 is 0 Å². The van der Waals surface area contributed by atoms with Crippen LogP contribution >= 0.6 is 11.6 Å². The Morgan fingerprint density at radius 3 is 2.56 bits per heavy atom. The van der Waals surface area contributed by atoms with E-state index in [1.54, 1.807) is 24.5 Å². The molecule has 0 saturated heterocycles. The lowest BCUT2D eigenvalue weighted by Gasteiger charge is -2.11. The van der Waals surface area contributed by atoms with Gasteiger partial charge < -0.3 is 5.11 Å². The Morgan fingerprint density at radius 2 is 1.94 bits per heavy atom. The minimum Gasteiger partial charge on any atom is -0.382 e. The van der Waals surface area contributed by atoms with Gasteiger partial charge in [0, 0.05) is 16.8 Å². The monoisotopic (exact) mass is 234 g/mol. The molecule has 1 aromatic heterocycles. The van der Waals surface area contributed by atoms with Gasteiger partial charge in [0.05, 0.1) is 17.6 Å². The van der Waals surface area contributed by atoms with Gasteiger partial charge in [-0.05, 0) is 13.0 Å². The predicted octanol–water partition coefficient (Wildman–Crippen LogP) is 2.52.